The topological polar surface area (TPSA) is 147 Å². The average Bonchev–Trinajstić information content (AvgIpc) is 2.96. The number of nitrogens with zero attached hydrogens (tertiary/aromatic N) is 6. The summed E-state index contributed by atoms with van der Waals surface area (Å²) < 4.78 is 0. The van der Waals surface area contributed by atoms with Crippen LogP contribution < -0.4 is 5.43 Å². The lowest BCUT2D eigenvalue weighted by molar-refractivity contribution is 0.477. The highest BCUT2D eigenvalue weighted by Gasteiger charge is 2.07. The summed E-state index contributed by atoms with van der Waals surface area (Å²) in [6, 6.07) is 7.68. The van der Waals surface area contributed by atoms with E-state index in [4.69, 9.17) is 10.5 Å². The minimum absolute atomic E-state index is 0.0915. The van der Waals surface area contributed by atoms with E-state index in [1.54, 1.807) is 18.2 Å². The maximum absolute atomic E-state index is 9.63. The van der Waals surface area contributed by atoms with Crippen LogP contribution in [0.4, 0.5) is 5.69 Å². The van der Waals surface area contributed by atoms with Crippen LogP contribution in [-0.4, -0.2) is 31.4 Å². The molecule has 2 aromatic rings. The molecule has 0 fully saturated rings. The Labute approximate surface area is 106 Å². The number of phenols is 1. The number of hydrogen-bond acceptors (Lipinski definition) is 8. The number of nitrogens with one attached hydrogen (secondary N) is 2. The van der Waals surface area contributed by atoms with Gasteiger partial charge in [0.05, 0.1) is 5.69 Å². The third kappa shape index (κ3) is 2.62. The van der Waals surface area contributed by atoms with Crippen molar-refractivity contribution in [1.82, 2.24) is 20.6 Å². The Kier molecular flexibility index (Phi) is 3.32. The Morgan fingerprint density at radius 2 is 2.16 bits per heavy atom. The van der Waals surface area contributed by atoms with Gasteiger partial charge in [-0.15, -0.1) is 10.2 Å². The summed E-state index contributed by atoms with van der Waals surface area (Å²) in [5.74, 6) is 0.249. The summed E-state index contributed by atoms with van der Waals surface area (Å²) in [5.41, 5.74) is 2.86. The molecule has 0 aliphatic rings. The van der Waals surface area contributed by atoms with Crippen LogP contribution in [0, 0.1) is 22.7 Å². The van der Waals surface area contributed by atoms with Crippen molar-refractivity contribution in [1.29, 1.82) is 10.5 Å². The van der Waals surface area contributed by atoms with Crippen molar-refractivity contribution in [3.8, 4) is 29.3 Å². The van der Waals surface area contributed by atoms with Crippen LogP contribution >= 0.6 is 0 Å². The molecule has 9 nitrogen and oxygen atoms in total. The van der Waals surface area contributed by atoms with Gasteiger partial charge in [-0.2, -0.15) is 20.8 Å². The first kappa shape index (κ1) is 12.0. The fourth-order valence-electron chi connectivity index (χ4n) is 1.24. The van der Waals surface area contributed by atoms with Gasteiger partial charge in [0.2, 0.25) is 11.5 Å². The van der Waals surface area contributed by atoms with Gasteiger partial charge in [-0.1, -0.05) is 0 Å². The Bertz CT molecular complexity index is 675. The zero-order valence-electron chi connectivity index (χ0n) is 9.36. The highest BCUT2D eigenvalue weighted by atomic mass is 16.3. The van der Waals surface area contributed by atoms with Crippen LogP contribution in [0.25, 0.3) is 11.4 Å². The minimum Gasteiger partial charge on any atom is -0.506 e. The van der Waals surface area contributed by atoms with Gasteiger partial charge in [-0.25, -0.2) is 0 Å². The summed E-state index contributed by atoms with van der Waals surface area (Å²) in [6.45, 7) is 0. The van der Waals surface area contributed by atoms with Gasteiger partial charge in [0.25, 0.3) is 0 Å². The minimum atomic E-state index is -0.357. The van der Waals surface area contributed by atoms with Crippen LogP contribution in [-0.2, 0) is 0 Å². The van der Waals surface area contributed by atoms with Crippen molar-refractivity contribution >= 4 is 11.4 Å². The summed E-state index contributed by atoms with van der Waals surface area (Å²) >= 11 is 0. The smallest absolute Gasteiger partial charge is 0.237 e. The van der Waals surface area contributed by atoms with Crippen LogP contribution in [0.2, 0.25) is 0 Å². The molecule has 0 aliphatic carbocycles. The fourth-order valence-corrected chi connectivity index (χ4v) is 1.24. The second kappa shape index (κ2) is 5.25. The predicted molar refractivity (Wildman–Crippen MR) is 63.6 cm³/mol. The van der Waals surface area contributed by atoms with Crippen molar-refractivity contribution < 1.29 is 5.11 Å². The van der Waals surface area contributed by atoms with Crippen LogP contribution in [0.3, 0.4) is 0 Å². The quantitative estimate of drug-likeness (QED) is 0.407. The van der Waals surface area contributed by atoms with Crippen molar-refractivity contribution in [3.63, 3.8) is 0 Å². The zero-order chi connectivity index (χ0) is 13.7. The number of hydrazone groups is 1. The molecule has 1 aromatic carbocycles. The molecule has 0 radical (unpaired) electrons. The molecule has 0 amide bonds. The number of aromatic nitrogens is 4. The number of rotatable bonds is 3. The first-order valence-electron chi connectivity index (χ1n) is 4.95. The second-order valence-electron chi connectivity index (χ2n) is 3.26. The summed E-state index contributed by atoms with van der Waals surface area (Å²) in [6.07, 6.45) is 0. The maximum Gasteiger partial charge on any atom is 0.237 e. The van der Waals surface area contributed by atoms with Gasteiger partial charge < -0.3 is 5.11 Å². The Balaban J connectivity index is 2.32. The van der Waals surface area contributed by atoms with E-state index in [1.165, 1.54) is 12.1 Å². The monoisotopic (exact) mass is 254 g/mol. The second-order valence-corrected chi connectivity index (χ2v) is 3.26. The number of tetrazole rings is 1. The fraction of sp³-hybridized carbons (Fsp3) is 0. The molecule has 0 unspecified atom stereocenters. The number of aromatic hydroxyl groups is 1. The first-order chi connectivity index (χ1) is 9.24. The van der Waals surface area contributed by atoms with E-state index in [2.05, 4.69) is 31.2 Å². The molecule has 19 heavy (non-hydrogen) atoms. The van der Waals surface area contributed by atoms with Crippen LogP contribution in [0.5, 0.6) is 5.75 Å². The standard InChI is InChI=1S/C10H6N8O/c11-4-7(5-12)13-14-8-3-6(1-2-9(8)19)10-15-17-18-16-10/h1-3,14,19H,(H,15,16,17,18). The molecule has 0 atom stereocenters. The molecule has 0 saturated carbocycles. The summed E-state index contributed by atoms with van der Waals surface area (Å²) in [5, 5.41) is 43.5. The van der Waals surface area contributed by atoms with E-state index >= 15 is 0 Å². The van der Waals surface area contributed by atoms with Gasteiger partial charge in [0.1, 0.15) is 17.9 Å². The molecular formula is C10H6N8O. The third-order valence-corrected chi connectivity index (χ3v) is 2.10. The van der Waals surface area contributed by atoms with Gasteiger partial charge in [0.15, 0.2) is 0 Å². The van der Waals surface area contributed by atoms with Crippen molar-refractivity contribution in [3.05, 3.63) is 18.2 Å². The zero-order valence-corrected chi connectivity index (χ0v) is 9.36. The maximum atomic E-state index is 9.63. The Morgan fingerprint density at radius 3 is 2.79 bits per heavy atom. The average molecular weight is 254 g/mol. The molecule has 92 valence electrons. The highest BCUT2D eigenvalue weighted by Crippen LogP contribution is 2.27. The van der Waals surface area contributed by atoms with Gasteiger partial charge >= 0.3 is 0 Å². The third-order valence-electron chi connectivity index (χ3n) is 2.10. The largest absolute Gasteiger partial charge is 0.506 e. The highest BCUT2D eigenvalue weighted by molar-refractivity contribution is 6.10. The van der Waals surface area contributed by atoms with E-state index in [-0.39, 0.29) is 17.1 Å². The van der Waals surface area contributed by atoms with Crippen molar-refractivity contribution in [2.45, 2.75) is 0 Å². The normalized spacial score (nSPS) is 9.16. The first-order valence-corrected chi connectivity index (χ1v) is 4.95. The van der Waals surface area contributed by atoms with Crippen LogP contribution in [0.15, 0.2) is 23.3 Å². The predicted octanol–water partition coefficient (Wildman–Crippen LogP) is 0.387. The van der Waals surface area contributed by atoms with Crippen LogP contribution in [0.1, 0.15) is 0 Å². The van der Waals surface area contributed by atoms with E-state index in [0.717, 1.165) is 0 Å². The van der Waals surface area contributed by atoms with Crippen molar-refractivity contribution in [2.24, 2.45) is 5.10 Å². The molecule has 1 aromatic heterocycles. The van der Waals surface area contributed by atoms with Gasteiger partial charge in [0, 0.05) is 5.56 Å². The van der Waals surface area contributed by atoms with E-state index in [9.17, 15) is 5.11 Å². The number of anilines is 1. The van der Waals surface area contributed by atoms with Gasteiger partial charge in [-0.05, 0) is 23.4 Å². The molecule has 0 aliphatic heterocycles. The van der Waals surface area contributed by atoms with E-state index in [0.29, 0.717) is 11.4 Å². The lowest BCUT2D eigenvalue weighted by Crippen LogP contribution is -1.97. The van der Waals surface area contributed by atoms with E-state index < -0.39 is 0 Å². The molecule has 9 heteroatoms. The molecular weight excluding hydrogens is 248 g/mol. The number of aromatic amines is 1. The summed E-state index contributed by atoms with van der Waals surface area (Å²) in [4.78, 5) is 0. The lowest BCUT2D eigenvalue weighted by atomic mass is 10.2. The molecule has 2 rings (SSSR count). The molecule has 0 spiro atoms. The molecule has 1 heterocycles. The molecule has 0 saturated heterocycles. The summed E-state index contributed by atoms with van der Waals surface area (Å²) in [7, 11) is 0. The number of hydrogen-bond donors (Lipinski definition) is 3. The van der Waals surface area contributed by atoms with E-state index in [1.807, 2.05) is 0 Å². The Hall–Kier alpha value is -3.46. The number of phenolic OH excluding ortho intramolecular Hbond substituents is 1. The van der Waals surface area contributed by atoms with Gasteiger partial charge in [-0.3, -0.25) is 5.43 Å². The van der Waals surface area contributed by atoms with Crippen molar-refractivity contribution in [2.75, 3.05) is 5.43 Å². The number of H-pyrrole nitrogens is 1. The lowest BCUT2D eigenvalue weighted by Gasteiger charge is -2.04. The number of benzene rings is 1. The SMILES string of the molecule is N#CC(C#N)=NNc1cc(-c2nn[nH]n2)ccc1O. The molecule has 3 N–H and O–H groups in total. The molecule has 0 bridgehead atoms. The Morgan fingerprint density at radius 1 is 1.37 bits per heavy atom. The number of nitriles is 2.